The second-order valence-corrected chi connectivity index (χ2v) is 7.32. The standard InChI is InChI=1S/C22H19ClN4O/c1-13(2)21-20(26-19-7-9-25-18-6-8-24-12-17(18)19)11-16(22(28)27-21)14-4-3-5-15(23)10-14/h3-13H,1-2H3,(H,25,26)(H,27,28). The number of hydrogen-bond donors (Lipinski definition) is 2. The van der Waals surface area contributed by atoms with Gasteiger partial charge in [0.25, 0.3) is 5.56 Å². The van der Waals surface area contributed by atoms with E-state index in [2.05, 4.69) is 20.3 Å². The van der Waals surface area contributed by atoms with Crippen LogP contribution >= 0.6 is 11.6 Å². The van der Waals surface area contributed by atoms with E-state index in [1.54, 1.807) is 30.7 Å². The van der Waals surface area contributed by atoms with E-state index in [1.807, 2.05) is 44.2 Å². The molecule has 3 heterocycles. The summed E-state index contributed by atoms with van der Waals surface area (Å²) in [5, 5.41) is 4.97. The quantitative estimate of drug-likeness (QED) is 0.482. The highest BCUT2D eigenvalue weighted by Gasteiger charge is 2.14. The summed E-state index contributed by atoms with van der Waals surface area (Å²) in [4.78, 5) is 24.4. The minimum Gasteiger partial charge on any atom is -0.353 e. The fraction of sp³-hybridized carbons (Fsp3) is 0.136. The molecule has 28 heavy (non-hydrogen) atoms. The maximum Gasteiger partial charge on any atom is 0.256 e. The average molecular weight is 391 g/mol. The van der Waals surface area contributed by atoms with Gasteiger partial charge in [0.15, 0.2) is 0 Å². The number of benzene rings is 1. The average Bonchev–Trinajstić information content (AvgIpc) is 2.69. The molecule has 6 heteroatoms. The van der Waals surface area contributed by atoms with Gasteiger partial charge in [-0.25, -0.2) is 0 Å². The molecule has 1 aromatic carbocycles. The molecular weight excluding hydrogens is 372 g/mol. The van der Waals surface area contributed by atoms with Crippen LogP contribution in [0, 0.1) is 0 Å². The zero-order valence-electron chi connectivity index (χ0n) is 15.5. The monoisotopic (exact) mass is 390 g/mol. The van der Waals surface area contributed by atoms with Crippen molar-refractivity contribution in [1.82, 2.24) is 15.0 Å². The third kappa shape index (κ3) is 3.49. The molecule has 140 valence electrons. The van der Waals surface area contributed by atoms with Crippen molar-refractivity contribution in [1.29, 1.82) is 0 Å². The molecule has 0 radical (unpaired) electrons. The SMILES string of the molecule is CC(C)c1[nH]c(=O)c(-c2cccc(Cl)c2)cc1Nc1ccnc2ccncc12. The molecule has 4 rings (SSSR count). The highest BCUT2D eigenvalue weighted by Crippen LogP contribution is 2.31. The number of nitrogens with zero attached hydrogens (tertiary/aromatic N) is 2. The van der Waals surface area contributed by atoms with Gasteiger partial charge in [0.05, 0.1) is 16.9 Å². The Morgan fingerprint density at radius 1 is 1.07 bits per heavy atom. The maximum absolute atomic E-state index is 12.7. The van der Waals surface area contributed by atoms with E-state index in [0.717, 1.165) is 33.5 Å². The molecule has 0 aliphatic heterocycles. The summed E-state index contributed by atoms with van der Waals surface area (Å²) in [6.45, 7) is 4.09. The fourth-order valence-electron chi connectivity index (χ4n) is 3.22. The van der Waals surface area contributed by atoms with Crippen LogP contribution in [0.15, 0.2) is 65.8 Å². The van der Waals surface area contributed by atoms with Gasteiger partial charge in [-0.15, -0.1) is 0 Å². The number of nitrogens with one attached hydrogen (secondary N) is 2. The summed E-state index contributed by atoms with van der Waals surface area (Å²) in [6.07, 6.45) is 5.25. The van der Waals surface area contributed by atoms with Gasteiger partial charge in [-0.05, 0) is 41.8 Å². The highest BCUT2D eigenvalue weighted by atomic mass is 35.5. The molecule has 0 amide bonds. The van der Waals surface area contributed by atoms with Crippen LogP contribution in [0.5, 0.6) is 0 Å². The van der Waals surface area contributed by atoms with Crippen molar-refractivity contribution in [3.8, 4) is 11.1 Å². The number of aromatic amines is 1. The normalized spacial score (nSPS) is 11.1. The molecule has 0 saturated carbocycles. The maximum atomic E-state index is 12.7. The lowest BCUT2D eigenvalue weighted by molar-refractivity contribution is 0.820. The van der Waals surface area contributed by atoms with Crippen molar-refractivity contribution >= 4 is 33.9 Å². The van der Waals surface area contributed by atoms with Crippen molar-refractivity contribution < 1.29 is 0 Å². The molecule has 0 aliphatic carbocycles. The lowest BCUT2D eigenvalue weighted by Gasteiger charge is -2.17. The summed E-state index contributed by atoms with van der Waals surface area (Å²) in [5.41, 5.74) is 4.59. The topological polar surface area (TPSA) is 70.7 Å². The second kappa shape index (κ2) is 7.44. The predicted molar refractivity (Wildman–Crippen MR) is 114 cm³/mol. The van der Waals surface area contributed by atoms with Crippen LogP contribution in [0.1, 0.15) is 25.5 Å². The van der Waals surface area contributed by atoms with Gasteiger partial charge in [0, 0.05) is 40.3 Å². The first-order chi connectivity index (χ1) is 13.5. The Hall–Kier alpha value is -3.18. The number of fused-ring (bicyclic) bond motifs is 1. The third-order valence-corrected chi connectivity index (χ3v) is 4.83. The summed E-state index contributed by atoms with van der Waals surface area (Å²) in [5.74, 6) is 0.134. The third-order valence-electron chi connectivity index (χ3n) is 4.60. The molecule has 4 aromatic rings. The van der Waals surface area contributed by atoms with E-state index in [-0.39, 0.29) is 11.5 Å². The molecule has 5 nitrogen and oxygen atoms in total. The second-order valence-electron chi connectivity index (χ2n) is 6.88. The Morgan fingerprint density at radius 3 is 2.71 bits per heavy atom. The van der Waals surface area contributed by atoms with Gasteiger partial charge < -0.3 is 10.3 Å². The van der Waals surface area contributed by atoms with Gasteiger partial charge >= 0.3 is 0 Å². The summed E-state index contributed by atoms with van der Waals surface area (Å²) >= 11 is 6.12. The van der Waals surface area contributed by atoms with Crippen LogP contribution in [-0.4, -0.2) is 15.0 Å². The van der Waals surface area contributed by atoms with Gasteiger partial charge in [-0.2, -0.15) is 0 Å². The smallest absolute Gasteiger partial charge is 0.256 e. The van der Waals surface area contributed by atoms with Gasteiger partial charge in [-0.1, -0.05) is 37.6 Å². The van der Waals surface area contributed by atoms with E-state index in [0.29, 0.717) is 10.6 Å². The molecular formula is C22H19ClN4O. The molecule has 0 atom stereocenters. The van der Waals surface area contributed by atoms with Crippen LogP contribution in [-0.2, 0) is 0 Å². The Morgan fingerprint density at radius 2 is 1.93 bits per heavy atom. The van der Waals surface area contributed by atoms with Crippen LogP contribution in [0.4, 0.5) is 11.4 Å². The minimum absolute atomic E-state index is 0.134. The molecule has 3 aromatic heterocycles. The zero-order chi connectivity index (χ0) is 19.7. The number of anilines is 2. The van der Waals surface area contributed by atoms with E-state index < -0.39 is 0 Å². The van der Waals surface area contributed by atoms with Crippen molar-refractivity contribution in [3.05, 3.63) is 82.1 Å². The van der Waals surface area contributed by atoms with Gasteiger partial charge in [0.2, 0.25) is 0 Å². The van der Waals surface area contributed by atoms with Crippen molar-refractivity contribution in [2.75, 3.05) is 5.32 Å². The Bertz CT molecular complexity index is 1210. The first kappa shape index (κ1) is 18.2. The van der Waals surface area contributed by atoms with Crippen molar-refractivity contribution in [2.24, 2.45) is 0 Å². The van der Waals surface area contributed by atoms with Crippen LogP contribution in [0.3, 0.4) is 0 Å². The number of halogens is 1. The van der Waals surface area contributed by atoms with E-state index in [1.165, 1.54) is 0 Å². The van der Waals surface area contributed by atoms with Crippen molar-refractivity contribution in [2.45, 2.75) is 19.8 Å². The Kier molecular flexibility index (Phi) is 4.84. The lowest BCUT2D eigenvalue weighted by atomic mass is 10.0. The first-order valence-corrected chi connectivity index (χ1v) is 9.39. The van der Waals surface area contributed by atoms with Crippen LogP contribution in [0.25, 0.3) is 22.0 Å². The molecule has 0 bridgehead atoms. The summed E-state index contributed by atoms with van der Waals surface area (Å²) < 4.78 is 0. The summed E-state index contributed by atoms with van der Waals surface area (Å²) in [7, 11) is 0. The van der Waals surface area contributed by atoms with Crippen LogP contribution < -0.4 is 10.9 Å². The van der Waals surface area contributed by atoms with Crippen molar-refractivity contribution in [3.63, 3.8) is 0 Å². The number of hydrogen-bond acceptors (Lipinski definition) is 4. The van der Waals surface area contributed by atoms with Crippen LogP contribution in [0.2, 0.25) is 5.02 Å². The van der Waals surface area contributed by atoms with Gasteiger partial charge in [0.1, 0.15) is 0 Å². The molecule has 0 spiro atoms. The highest BCUT2D eigenvalue weighted by molar-refractivity contribution is 6.30. The molecule has 0 fully saturated rings. The fourth-order valence-corrected chi connectivity index (χ4v) is 3.41. The van der Waals surface area contributed by atoms with E-state index >= 15 is 0 Å². The number of aromatic nitrogens is 3. The Labute approximate surface area is 167 Å². The predicted octanol–water partition coefficient (Wildman–Crippen LogP) is 5.51. The number of H-pyrrole nitrogens is 1. The largest absolute Gasteiger partial charge is 0.353 e. The zero-order valence-corrected chi connectivity index (χ0v) is 16.3. The minimum atomic E-state index is -0.141. The van der Waals surface area contributed by atoms with E-state index in [9.17, 15) is 4.79 Å². The number of pyridine rings is 3. The molecule has 0 unspecified atom stereocenters. The number of rotatable bonds is 4. The molecule has 0 aliphatic rings. The first-order valence-electron chi connectivity index (χ1n) is 9.02. The summed E-state index contributed by atoms with van der Waals surface area (Å²) in [6, 6.07) is 12.9. The molecule has 0 saturated heterocycles. The molecule has 2 N–H and O–H groups in total. The lowest BCUT2D eigenvalue weighted by Crippen LogP contribution is -2.15. The van der Waals surface area contributed by atoms with Gasteiger partial charge in [-0.3, -0.25) is 14.8 Å². The Balaban J connectivity index is 1.87. The van der Waals surface area contributed by atoms with E-state index in [4.69, 9.17) is 11.6 Å².